The van der Waals surface area contributed by atoms with E-state index in [1.54, 1.807) is 12.1 Å². The second-order valence-corrected chi connectivity index (χ2v) is 6.01. The van der Waals surface area contributed by atoms with Crippen molar-refractivity contribution in [3.05, 3.63) is 30.3 Å². The van der Waals surface area contributed by atoms with Gasteiger partial charge in [-0.1, -0.05) is 31.5 Å². The van der Waals surface area contributed by atoms with Crippen LogP contribution in [-0.2, 0) is 14.3 Å². The molecule has 1 aromatic carbocycles. The van der Waals surface area contributed by atoms with E-state index in [-0.39, 0.29) is 5.97 Å². The van der Waals surface area contributed by atoms with Crippen LogP contribution in [-0.4, -0.2) is 31.9 Å². The molecule has 0 bridgehead atoms. The third-order valence-corrected chi connectivity index (χ3v) is 3.80. The number of rotatable bonds is 14. The van der Waals surface area contributed by atoms with Gasteiger partial charge >= 0.3 is 5.97 Å². The lowest BCUT2D eigenvalue weighted by molar-refractivity contribution is -0.134. The van der Waals surface area contributed by atoms with Gasteiger partial charge in [-0.25, -0.2) is 0 Å². The van der Waals surface area contributed by atoms with Crippen molar-refractivity contribution in [3.8, 4) is 5.75 Å². The van der Waals surface area contributed by atoms with Crippen molar-refractivity contribution in [2.24, 2.45) is 0 Å². The van der Waals surface area contributed by atoms with Crippen molar-refractivity contribution in [1.82, 2.24) is 0 Å². The molecule has 4 nitrogen and oxygen atoms in total. The van der Waals surface area contributed by atoms with Crippen LogP contribution in [0.4, 0.5) is 0 Å². The minimum Gasteiger partial charge on any atom is -0.427 e. The Bertz CT molecular complexity index is 419. The van der Waals surface area contributed by atoms with Crippen molar-refractivity contribution < 1.29 is 19.0 Å². The largest absolute Gasteiger partial charge is 0.427 e. The van der Waals surface area contributed by atoms with Gasteiger partial charge in [-0.05, 0) is 51.2 Å². The Labute approximate surface area is 146 Å². The summed E-state index contributed by atoms with van der Waals surface area (Å²) in [6.45, 7) is 6.61. The molecule has 136 valence electrons. The van der Waals surface area contributed by atoms with Crippen molar-refractivity contribution in [3.63, 3.8) is 0 Å². The molecular formula is C20H32O4. The molecule has 24 heavy (non-hydrogen) atoms. The standard InChI is InChI=1S/C20H32O4/c1-3-18(2)23-17-11-10-16-22-15-9-5-8-14-20(21)24-19-12-6-4-7-13-19/h4,6-7,12-13,18H,3,5,8-11,14-17H2,1-2H3. The number of para-hydroxylation sites is 1. The van der Waals surface area contributed by atoms with Gasteiger partial charge in [0.05, 0.1) is 6.10 Å². The summed E-state index contributed by atoms with van der Waals surface area (Å²) in [6.07, 6.45) is 6.80. The van der Waals surface area contributed by atoms with Crippen LogP contribution in [0.5, 0.6) is 5.75 Å². The Kier molecular flexibility index (Phi) is 12.0. The summed E-state index contributed by atoms with van der Waals surface area (Å²) in [4.78, 5) is 11.7. The van der Waals surface area contributed by atoms with E-state index >= 15 is 0 Å². The van der Waals surface area contributed by atoms with Crippen LogP contribution in [0, 0.1) is 0 Å². The van der Waals surface area contributed by atoms with E-state index in [0.717, 1.165) is 58.3 Å². The summed E-state index contributed by atoms with van der Waals surface area (Å²) in [7, 11) is 0. The maximum Gasteiger partial charge on any atom is 0.311 e. The average Bonchev–Trinajstić information content (AvgIpc) is 2.60. The first-order chi connectivity index (χ1) is 11.7. The van der Waals surface area contributed by atoms with E-state index in [1.165, 1.54) is 0 Å². The van der Waals surface area contributed by atoms with Crippen LogP contribution in [0.3, 0.4) is 0 Å². The molecule has 1 rings (SSSR count). The average molecular weight is 336 g/mol. The third kappa shape index (κ3) is 11.2. The van der Waals surface area contributed by atoms with Gasteiger partial charge in [-0.2, -0.15) is 0 Å². The zero-order valence-electron chi connectivity index (χ0n) is 15.2. The maximum absolute atomic E-state index is 11.7. The third-order valence-electron chi connectivity index (χ3n) is 3.80. The van der Waals surface area contributed by atoms with Crippen molar-refractivity contribution in [2.75, 3.05) is 19.8 Å². The highest BCUT2D eigenvalue weighted by atomic mass is 16.5. The van der Waals surface area contributed by atoms with Crippen LogP contribution in [0.15, 0.2) is 30.3 Å². The van der Waals surface area contributed by atoms with Gasteiger partial charge < -0.3 is 14.2 Å². The summed E-state index contributed by atoms with van der Waals surface area (Å²) >= 11 is 0. The molecule has 0 N–H and O–H groups in total. The fourth-order valence-corrected chi connectivity index (χ4v) is 2.13. The molecule has 0 aromatic heterocycles. The Hall–Kier alpha value is -1.39. The summed E-state index contributed by atoms with van der Waals surface area (Å²) < 4.78 is 16.5. The monoisotopic (exact) mass is 336 g/mol. The molecule has 0 amide bonds. The second-order valence-electron chi connectivity index (χ2n) is 6.01. The number of unbranched alkanes of at least 4 members (excludes halogenated alkanes) is 3. The van der Waals surface area contributed by atoms with Crippen LogP contribution in [0.2, 0.25) is 0 Å². The van der Waals surface area contributed by atoms with Crippen molar-refractivity contribution >= 4 is 5.97 Å². The van der Waals surface area contributed by atoms with Gasteiger partial charge in [0.15, 0.2) is 0 Å². The normalized spacial score (nSPS) is 12.1. The van der Waals surface area contributed by atoms with Crippen LogP contribution >= 0.6 is 0 Å². The van der Waals surface area contributed by atoms with Crippen LogP contribution in [0.25, 0.3) is 0 Å². The number of hydrogen-bond acceptors (Lipinski definition) is 4. The number of esters is 1. The van der Waals surface area contributed by atoms with E-state index in [1.807, 2.05) is 18.2 Å². The molecule has 0 aliphatic rings. The Morgan fingerprint density at radius 3 is 2.33 bits per heavy atom. The summed E-state index contributed by atoms with van der Waals surface area (Å²) in [5, 5.41) is 0. The highest BCUT2D eigenvalue weighted by molar-refractivity contribution is 5.72. The lowest BCUT2D eigenvalue weighted by atomic mass is 10.2. The van der Waals surface area contributed by atoms with E-state index in [4.69, 9.17) is 14.2 Å². The van der Waals surface area contributed by atoms with E-state index in [0.29, 0.717) is 18.3 Å². The second kappa shape index (κ2) is 14.0. The number of benzene rings is 1. The predicted molar refractivity (Wildman–Crippen MR) is 96.3 cm³/mol. The molecule has 0 spiro atoms. The molecule has 1 unspecified atom stereocenters. The number of ether oxygens (including phenoxy) is 3. The molecule has 4 heteroatoms. The molecule has 0 saturated carbocycles. The zero-order chi connectivity index (χ0) is 17.5. The number of carbonyl (C=O) groups is 1. The first kappa shape index (κ1) is 20.7. The molecular weight excluding hydrogens is 304 g/mol. The molecule has 0 radical (unpaired) electrons. The first-order valence-electron chi connectivity index (χ1n) is 9.17. The minimum absolute atomic E-state index is 0.163. The maximum atomic E-state index is 11.7. The fraction of sp³-hybridized carbons (Fsp3) is 0.650. The highest BCUT2D eigenvalue weighted by Crippen LogP contribution is 2.10. The minimum atomic E-state index is -0.163. The number of hydrogen-bond donors (Lipinski definition) is 0. The molecule has 0 heterocycles. The lowest BCUT2D eigenvalue weighted by Crippen LogP contribution is -2.08. The molecule has 1 atom stereocenters. The predicted octanol–water partition coefficient (Wildman–Crippen LogP) is 4.76. The topological polar surface area (TPSA) is 44.8 Å². The summed E-state index contributed by atoms with van der Waals surface area (Å²) in [5.74, 6) is 0.451. The highest BCUT2D eigenvalue weighted by Gasteiger charge is 2.04. The summed E-state index contributed by atoms with van der Waals surface area (Å²) in [5.41, 5.74) is 0. The van der Waals surface area contributed by atoms with Gasteiger partial charge in [-0.15, -0.1) is 0 Å². The molecule has 0 fully saturated rings. The number of carbonyl (C=O) groups excluding carboxylic acids is 1. The Morgan fingerprint density at radius 2 is 1.62 bits per heavy atom. The van der Waals surface area contributed by atoms with Gasteiger partial charge in [0, 0.05) is 26.2 Å². The van der Waals surface area contributed by atoms with E-state index in [2.05, 4.69) is 13.8 Å². The molecule has 0 aliphatic carbocycles. The SMILES string of the molecule is CCC(C)OCCCCOCCCCCC(=O)Oc1ccccc1. The fourth-order valence-electron chi connectivity index (χ4n) is 2.13. The van der Waals surface area contributed by atoms with E-state index in [9.17, 15) is 4.79 Å². The van der Waals surface area contributed by atoms with Crippen molar-refractivity contribution in [2.45, 2.75) is 64.9 Å². The smallest absolute Gasteiger partial charge is 0.311 e. The van der Waals surface area contributed by atoms with Crippen LogP contribution in [0.1, 0.15) is 58.8 Å². The zero-order valence-corrected chi connectivity index (χ0v) is 15.2. The van der Waals surface area contributed by atoms with E-state index < -0.39 is 0 Å². The van der Waals surface area contributed by atoms with Crippen LogP contribution < -0.4 is 4.74 Å². The molecule has 0 aliphatic heterocycles. The summed E-state index contributed by atoms with van der Waals surface area (Å²) in [6, 6.07) is 9.20. The molecule has 1 aromatic rings. The Morgan fingerprint density at radius 1 is 0.958 bits per heavy atom. The Balaban J connectivity index is 1.84. The molecule has 0 saturated heterocycles. The van der Waals surface area contributed by atoms with Crippen molar-refractivity contribution in [1.29, 1.82) is 0 Å². The quantitative estimate of drug-likeness (QED) is 0.279. The van der Waals surface area contributed by atoms with Gasteiger partial charge in [-0.3, -0.25) is 4.79 Å². The first-order valence-corrected chi connectivity index (χ1v) is 9.17. The van der Waals surface area contributed by atoms with Gasteiger partial charge in [0.1, 0.15) is 5.75 Å². The van der Waals surface area contributed by atoms with Gasteiger partial charge in [0.2, 0.25) is 0 Å². The lowest BCUT2D eigenvalue weighted by Gasteiger charge is -2.10. The van der Waals surface area contributed by atoms with Gasteiger partial charge in [0.25, 0.3) is 0 Å².